The van der Waals surface area contributed by atoms with E-state index < -0.39 is 0 Å². The van der Waals surface area contributed by atoms with E-state index in [1.165, 1.54) is 197 Å². The van der Waals surface area contributed by atoms with Gasteiger partial charge < -0.3 is 18.3 Å². The summed E-state index contributed by atoms with van der Waals surface area (Å²) in [6.07, 6.45) is 0. The van der Waals surface area contributed by atoms with Crippen LogP contribution < -0.4 is 0 Å². The summed E-state index contributed by atoms with van der Waals surface area (Å²) >= 11 is 0. The van der Waals surface area contributed by atoms with Gasteiger partial charge in [-0.15, -0.1) is 0 Å². The van der Waals surface area contributed by atoms with E-state index in [2.05, 4.69) is 419 Å². The molecule has 0 amide bonds. The topological polar surface area (TPSA) is 19.7 Å². The van der Waals surface area contributed by atoms with E-state index in [0.717, 1.165) is 11.4 Å². The van der Waals surface area contributed by atoms with Crippen LogP contribution in [0.4, 0.5) is 0 Å². The van der Waals surface area contributed by atoms with E-state index in [1.54, 1.807) is 0 Å². The summed E-state index contributed by atoms with van der Waals surface area (Å²) in [5, 5.41) is 22.8. The van der Waals surface area contributed by atoms with Gasteiger partial charge in [-0.25, -0.2) is 0 Å². The van der Waals surface area contributed by atoms with Crippen LogP contribution in [-0.2, 0) is 0 Å². The molecule has 0 bridgehead atoms. The lowest BCUT2D eigenvalue weighted by molar-refractivity contribution is 1.18. The molecule has 4 heteroatoms. The minimum Gasteiger partial charge on any atom is -0.309 e. The lowest BCUT2D eigenvalue weighted by Gasteiger charge is -2.14. The highest BCUT2D eigenvalue weighted by Crippen LogP contribution is 2.45. The number of hydrogen-bond donors (Lipinski definition) is 0. The zero-order valence-electron chi connectivity index (χ0n) is 58.9. The smallest absolute Gasteiger partial charge is 0.0547 e. The third-order valence-electron chi connectivity index (χ3n) is 22.8. The van der Waals surface area contributed by atoms with Crippen molar-refractivity contribution < 1.29 is 0 Å². The summed E-state index contributed by atoms with van der Waals surface area (Å²) in [6, 6.07) is 147. The summed E-state index contributed by atoms with van der Waals surface area (Å²) < 4.78 is 9.74. The first-order chi connectivity index (χ1) is 53.6. The predicted molar refractivity (Wildman–Crippen MR) is 460 cm³/mol. The largest absolute Gasteiger partial charge is 0.309 e. The maximum atomic E-state index is 2.46. The zero-order chi connectivity index (χ0) is 70.9. The number of hydrogen-bond acceptors (Lipinski definition) is 0. The summed E-state index contributed by atoms with van der Waals surface area (Å²) in [6.45, 7) is 0. The molecule has 108 heavy (non-hydrogen) atoms. The van der Waals surface area contributed by atoms with Crippen LogP contribution in [0.1, 0.15) is 0 Å². The fourth-order valence-electron chi connectivity index (χ4n) is 17.8. The Morgan fingerprint density at radius 1 is 0.120 bits per heavy atom. The van der Waals surface area contributed by atoms with Crippen LogP contribution >= 0.6 is 0 Å². The fourth-order valence-corrected chi connectivity index (χ4v) is 17.8. The molecule has 0 aliphatic heterocycles. The molecule has 0 radical (unpaired) electrons. The molecule has 0 spiro atoms. The number of para-hydroxylation sites is 4. The molecular formula is C104H66N4. The number of benzene rings is 19. The van der Waals surface area contributed by atoms with E-state index in [-0.39, 0.29) is 0 Å². The Bertz CT molecular complexity index is 7540. The second-order valence-corrected chi connectivity index (χ2v) is 28.6. The molecule has 0 saturated carbocycles. The van der Waals surface area contributed by atoms with Crippen LogP contribution in [-0.4, -0.2) is 18.3 Å². The van der Waals surface area contributed by atoms with Crippen LogP contribution in [0.25, 0.3) is 208 Å². The van der Waals surface area contributed by atoms with Crippen molar-refractivity contribution in [3.8, 4) is 67.3 Å². The van der Waals surface area contributed by atoms with E-state index in [1.807, 2.05) is 0 Å². The first kappa shape index (κ1) is 61.2. The first-order valence-corrected chi connectivity index (χ1v) is 37.3. The number of rotatable bonds is 8. The van der Waals surface area contributed by atoms with Crippen LogP contribution in [0.2, 0.25) is 0 Å². The highest BCUT2D eigenvalue weighted by molar-refractivity contribution is 6.26. The maximum Gasteiger partial charge on any atom is 0.0547 e. The third-order valence-corrected chi connectivity index (χ3v) is 22.8. The molecular weight excluding hydrogens is 1310 g/mol. The number of fused-ring (bicyclic) bond motifs is 21. The van der Waals surface area contributed by atoms with Crippen molar-refractivity contribution in [1.82, 2.24) is 18.3 Å². The van der Waals surface area contributed by atoms with Crippen molar-refractivity contribution >= 4 is 141 Å². The van der Waals surface area contributed by atoms with Gasteiger partial charge in [0.25, 0.3) is 0 Å². The fraction of sp³-hybridized carbons (Fsp3) is 0. The Hall–Kier alpha value is -14.3. The highest BCUT2D eigenvalue weighted by Gasteiger charge is 2.22. The van der Waals surface area contributed by atoms with Crippen molar-refractivity contribution in [1.29, 1.82) is 0 Å². The van der Waals surface area contributed by atoms with E-state index in [4.69, 9.17) is 0 Å². The van der Waals surface area contributed by atoms with Gasteiger partial charge in [0.2, 0.25) is 0 Å². The normalized spacial score (nSPS) is 11.9. The SMILES string of the molecule is c1ccc(-c2ccc(-n3c4ccccc4c4ccc(-c5ccc6c(c5)c5ccccc5n6-c5cc6ccccc6c6ccccc56)cc43)cc2)cc1.c1ccc(-c2ccc(-n3c4ccccc4c4ccc(-c5ccc6c(c5)c5ccccc5n6-c5ccc6c7ccccc7c7ccccc7c6c5)cc43)cc2)cc1. The molecule has 0 fully saturated rings. The van der Waals surface area contributed by atoms with Gasteiger partial charge in [-0.3, -0.25) is 0 Å². The van der Waals surface area contributed by atoms with Gasteiger partial charge in [0.1, 0.15) is 0 Å². The molecule has 0 aliphatic carbocycles. The highest BCUT2D eigenvalue weighted by atomic mass is 15.0. The second kappa shape index (κ2) is 24.7. The Labute approximate surface area is 622 Å². The maximum absolute atomic E-state index is 2.46. The number of nitrogens with zero attached hydrogens (tertiary/aromatic N) is 4. The molecule has 23 aromatic rings. The Balaban J connectivity index is 0.000000134. The predicted octanol–water partition coefficient (Wildman–Crippen LogP) is 28.2. The van der Waals surface area contributed by atoms with Gasteiger partial charge in [-0.1, -0.05) is 297 Å². The van der Waals surface area contributed by atoms with E-state index in [9.17, 15) is 0 Å². The van der Waals surface area contributed by atoms with Gasteiger partial charge in [0.15, 0.2) is 0 Å². The van der Waals surface area contributed by atoms with Crippen molar-refractivity contribution in [3.05, 3.63) is 400 Å². The molecule has 4 aromatic heterocycles. The van der Waals surface area contributed by atoms with Crippen molar-refractivity contribution in [2.45, 2.75) is 0 Å². The molecule has 19 aromatic carbocycles. The summed E-state index contributed by atoms with van der Waals surface area (Å²) in [5.74, 6) is 0. The quantitative estimate of drug-likeness (QED) is 0.135. The lowest BCUT2D eigenvalue weighted by atomic mass is 9.94. The van der Waals surface area contributed by atoms with Crippen molar-refractivity contribution in [3.63, 3.8) is 0 Å². The molecule has 4 heterocycles. The monoisotopic (exact) mass is 1370 g/mol. The van der Waals surface area contributed by atoms with Crippen LogP contribution in [0.3, 0.4) is 0 Å². The van der Waals surface area contributed by atoms with E-state index >= 15 is 0 Å². The summed E-state index contributed by atoms with van der Waals surface area (Å²) in [5.41, 5.74) is 24.0. The third kappa shape index (κ3) is 9.71. The Morgan fingerprint density at radius 3 is 0.870 bits per heavy atom. The summed E-state index contributed by atoms with van der Waals surface area (Å²) in [7, 11) is 0. The average molecular weight is 1370 g/mol. The molecule has 0 aliphatic rings. The molecule has 0 atom stereocenters. The van der Waals surface area contributed by atoms with Gasteiger partial charge in [0, 0.05) is 65.5 Å². The van der Waals surface area contributed by atoms with Crippen LogP contribution in [0, 0.1) is 0 Å². The molecule has 0 saturated heterocycles. The van der Waals surface area contributed by atoms with Gasteiger partial charge in [0.05, 0.1) is 49.8 Å². The lowest BCUT2D eigenvalue weighted by Crippen LogP contribution is -1.96. The van der Waals surface area contributed by atoms with Gasteiger partial charge in [-0.2, -0.15) is 0 Å². The Morgan fingerprint density at radius 2 is 0.398 bits per heavy atom. The first-order valence-electron chi connectivity index (χ1n) is 37.3. The van der Waals surface area contributed by atoms with Crippen molar-refractivity contribution in [2.24, 2.45) is 0 Å². The second-order valence-electron chi connectivity index (χ2n) is 28.6. The standard InChI is InChI=1S/C54H34N2.C50H32N2/c1-2-12-35(13-3-1)36-22-26-39(27-23-36)55-51-20-10-8-18-46(51)48-29-24-38(33-54(48)55)37-25-31-53-50(32-37)47-19-9-11-21-52(47)56(53)40-28-30-45-43-16-5-4-14-41(43)42-15-6-7-17-44(42)49(45)34-40;1-2-12-33(13-3-1)34-22-26-38(27-23-34)51-46-20-10-8-18-42(46)44-28-24-36(31-49(44)51)35-25-29-48-45(30-35)43-19-9-11-21-47(43)52(48)50-32-37-14-4-5-15-39(37)40-16-6-7-17-41(40)50/h1-34H;1-32H. The summed E-state index contributed by atoms with van der Waals surface area (Å²) in [4.78, 5) is 0. The molecule has 0 unspecified atom stereocenters. The minimum atomic E-state index is 1.16. The number of aromatic nitrogens is 4. The molecule has 0 N–H and O–H groups in total. The molecule has 4 nitrogen and oxygen atoms in total. The molecule has 23 rings (SSSR count). The van der Waals surface area contributed by atoms with E-state index in [0.29, 0.717) is 0 Å². The minimum absolute atomic E-state index is 1.16. The van der Waals surface area contributed by atoms with Gasteiger partial charge in [-0.05, 0) is 196 Å². The van der Waals surface area contributed by atoms with Crippen LogP contribution in [0.5, 0.6) is 0 Å². The Kier molecular flexibility index (Phi) is 14.0. The molecule has 502 valence electrons. The van der Waals surface area contributed by atoms with Crippen molar-refractivity contribution in [2.75, 3.05) is 0 Å². The average Bonchev–Trinajstić information content (AvgIpc) is 1.47. The van der Waals surface area contributed by atoms with Gasteiger partial charge >= 0.3 is 0 Å². The zero-order valence-corrected chi connectivity index (χ0v) is 58.9. The van der Waals surface area contributed by atoms with Crippen LogP contribution in [0.15, 0.2) is 400 Å².